The third kappa shape index (κ3) is 1.67. The molecule has 0 spiro atoms. The molecule has 5 aromatic rings. The van der Waals surface area contributed by atoms with Gasteiger partial charge < -0.3 is 4.42 Å². The molecule has 0 aliphatic carbocycles. The van der Waals surface area contributed by atoms with E-state index in [0.717, 1.165) is 38.5 Å². The van der Waals surface area contributed by atoms with Gasteiger partial charge in [0.05, 0.1) is 29.2 Å². The molecule has 2 aromatic carbocycles. The number of fused-ring (bicyclic) bond motifs is 9. The maximum Gasteiger partial charge on any atom is 0.227 e. The van der Waals surface area contributed by atoms with Crippen molar-refractivity contribution in [3.8, 4) is 11.8 Å². The molecule has 0 saturated carbocycles. The van der Waals surface area contributed by atoms with Crippen LogP contribution in [0.15, 0.2) is 53.2 Å². The minimum atomic E-state index is 0.451. The van der Waals surface area contributed by atoms with Gasteiger partial charge in [-0.15, -0.1) is 9.36 Å². The number of hydrogen-bond donors (Lipinski definition) is 0. The van der Waals surface area contributed by atoms with Gasteiger partial charge in [0.15, 0.2) is 23.5 Å². The summed E-state index contributed by atoms with van der Waals surface area (Å²) in [5, 5.41) is 12.3. The number of rotatable bonds is 0. The van der Waals surface area contributed by atoms with Gasteiger partial charge in [-0.2, -0.15) is 5.26 Å². The molecule has 0 fully saturated rings. The second-order valence-corrected chi connectivity index (χ2v) is 6.60. The average molecular weight is 348 g/mol. The minimum Gasteiger partial charge on any atom is -0.435 e. The van der Waals surface area contributed by atoms with Crippen molar-refractivity contribution in [3.05, 3.63) is 71.3 Å². The predicted octanol–water partition coefficient (Wildman–Crippen LogP) is 4.00. The summed E-state index contributed by atoms with van der Waals surface area (Å²) >= 11 is 0. The van der Waals surface area contributed by atoms with E-state index in [1.165, 1.54) is 0 Å². The Hall–Kier alpha value is -4.16. The van der Waals surface area contributed by atoms with Crippen LogP contribution in [0.2, 0.25) is 0 Å². The van der Waals surface area contributed by atoms with Crippen molar-refractivity contribution in [1.82, 2.24) is 9.67 Å². The van der Waals surface area contributed by atoms with E-state index < -0.39 is 0 Å². The highest BCUT2D eigenvalue weighted by atomic mass is 16.3. The lowest BCUT2D eigenvalue weighted by Crippen LogP contribution is -2.36. The van der Waals surface area contributed by atoms with Crippen LogP contribution in [-0.4, -0.2) is 9.67 Å². The number of nitrogens with zero attached hydrogens (tertiary/aromatic N) is 5. The number of hydrogen-bond acceptors (Lipinski definition) is 3. The SMILES string of the molecule is [C-]#[N+]c1cc(C#N)c2c[n+]3n(c2c1)-c1c(ccc2c1oc1ncccc12)C3. The minimum absolute atomic E-state index is 0.451. The molecule has 124 valence electrons. The molecule has 0 N–H and O–H groups in total. The summed E-state index contributed by atoms with van der Waals surface area (Å²) in [6, 6.07) is 13.8. The maximum atomic E-state index is 9.51. The van der Waals surface area contributed by atoms with E-state index >= 15 is 0 Å². The summed E-state index contributed by atoms with van der Waals surface area (Å²) in [4.78, 5) is 7.87. The fourth-order valence-electron chi connectivity index (χ4n) is 4.04. The molecule has 0 radical (unpaired) electrons. The first-order valence-corrected chi connectivity index (χ1v) is 8.45. The molecule has 0 amide bonds. The number of benzene rings is 2. The van der Waals surface area contributed by atoms with Gasteiger partial charge in [0.25, 0.3) is 0 Å². The van der Waals surface area contributed by atoms with E-state index in [1.807, 2.05) is 29.1 Å². The Labute approximate surface area is 152 Å². The van der Waals surface area contributed by atoms with Gasteiger partial charge >= 0.3 is 0 Å². The highest BCUT2D eigenvalue weighted by molar-refractivity contribution is 6.07. The zero-order valence-corrected chi connectivity index (χ0v) is 14.0. The van der Waals surface area contributed by atoms with Crippen LogP contribution in [0, 0.1) is 17.9 Å². The molecule has 4 heterocycles. The van der Waals surface area contributed by atoms with E-state index in [4.69, 9.17) is 11.0 Å². The van der Waals surface area contributed by atoms with Gasteiger partial charge in [-0.05, 0) is 36.4 Å². The third-order valence-electron chi connectivity index (χ3n) is 5.17. The smallest absolute Gasteiger partial charge is 0.227 e. The van der Waals surface area contributed by atoms with Gasteiger partial charge in [0.1, 0.15) is 5.52 Å². The Balaban J connectivity index is 1.79. The van der Waals surface area contributed by atoms with Crippen LogP contribution in [0.3, 0.4) is 0 Å². The quantitative estimate of drug-likeness (QED) is 0.308. The van der Waals surface area contributed by atoms with Crippen molar-refractivity contribution in [1.29, 1.82) is 5.26 Å². The van der Waals surface area contributed by atoms with Crippen molar-refractivity contribution in [2.75, 3.05) is 0 Å². The molecule has 6 heteroatoms. The van der Waals surface area contributed by atoms with Crippen LogP contribution in [0.5, 0.6) is 0 Å². The van der Waals surface area contributed by atoms with Gasteiger partial charge in [-0.25, -0.2) is 9.83 Å². The van der Waals surface area contributed by atoms with E-state index in [-0.39, 0.29) is 0 Å². The zero-order valence-electron chi connectivity index (χ0n) is 14.0. The van der Waals surface area contributed by atoms with Crippen LogP contribution in [0.1, 0.15) is 11.1 Å². The molecule has 27 heavy (non-hydrogen) atoms. The Morgan fingerprint density at radius 2 is 2.15 bits per heavy atom. The van der Waals surface area contributed by atoms with E-state index in [1.54, 1.807) is 12.3 Å². The van der Waals surface area contributed by atoms with Crippen molar-refractivity contribution in [2.24, 2.45) is 0 Å². The molecule has 1 aliphatic rings. The maximum absolute atomic E-state index is 9.51. The second-order valence-electron chi connectivity index (χ2n) is 6.60. The molecule has 1 aliphatic heterocycles. The highest BCUT2D eigenvalue weighted by Gasteiger charge is 2.33. The van der Waals surface area contributed by atoms with Crippen molar-refractivity contribution in [3.63, 3.8) is 0 Å². The molecule has 0 bridgehead atoms. The topological polar surface area (TPSA) is 63.0 Å². The fraction of sp³-hybridized carbons (Fsp3) is 0.0476. The monoisotopic (exact) mass is 348 g/mol. The molecule has 0 saturated heterocycles. The van der Waals surface area contributed by atoms with Crippen molar-refractivity contribution < 1.29 is 9.10 Å². The summed E-state index contributed by atoms with van der Waals surface area (Å²) < 4.78 is 10.2. The van der Waals surface area contributed by atoms with Gasteiger partial charge in [-0.1, -0.05) is 0 Å². The Morgan fingerprint density at radius 1 is 1.22 bits per heavy atom. The molecule has 3 aromatic heterocycles. The van der Waals surface area contributed by atoms with E-state index in [2.05, 4.69) is 32.7 Å². The normalized spacial score (nSPS) is 12.2. The van der Waals surface area contributed by atoms with Crippen molar-refractivity contribution >= 4 is 38.7 Å². The van der Waals surface area contributed by atoms with Gasteiger partial charge in [0.2, 0.25) is 11.9 Å². The molecule has 0 atom stereocenters. The lowest BCUT2D eigenvalue weighted by atomic mass is 10.1. The first-order valence-electron chi connectivity index (χ1n) is 8.45. The average Bonchev–Trinajstić information content (AvgIpc) is 3.35. The number of aromatic nitrogens is 3. The summed E-state index contributed by atoms with van der Waals surface area (Å²) in [6.07, 6.45) is 3.69. The molecular weight excluding hydrogens is 338 g/mol. The molecule has 6 rings (SSSR count). The predicted molar refractivity (Wildman–Crippen MR) is 98.6 cm³/mol. The Bertz CT molecular complexity index is 1520. The summed E-state index contributed by atoms with van der Waals surface area (Å²) in [5.41, 5.74) is 5.26. The highest BCUT2D eigenvalue weighted by Crippen LogP contribution is 2.37. The second kappa shape index (κ2) is 4.72. The summed E-state index contributed by atoms with van der Waals surface area (Å²) in [7, 11) is 0. The first-order chi connectivity index (χ1) is 13.3. The van der Waals surface area contributed by atoms with Crippen LogP contribution in [0.4, 0.5) is 5.69 Å². The number of furan rings is 1. The van der Waals surface area contributed by atoms with Crippen LogP contribution < -0.4 is 4.68 Å². The third-order valence-corrected chi connectivity index (χ3v) is 5.17. The zero-order chi connectivity index (χ0) is 18.1. The Kier molecular flexibility index (Phi) is 2.46. The summed E-state index contributed by atoms with van der Waals surface area (Å²) in [5.74, 6) is 0. The lowest BCUT2D eigenvalue weighted by Gasteiger charge is -2.00. The lowest BCUT2D eigenvalue weighted by molar-refractivity contribution is -0.749. The van der Waals surface area contributed by atoms with Crippen molar-refractivity contribution in [2.45, 2.75) is 6.54 Å². The van der Waals surface area contributed by atoms with Crippen LogP contribution >= 0.6 is 0 Å². The number of nitriles is 1. The van der Waals surface area contributed by atoms with Gasteiger partial charge in [-0.3, -0.25) is 0 Å². The Morgan fingerprint density at radius 3 is 3.00 bits per heavy atom. The van der Waals surface area contributed by atoms with Crippen LogP contribution in [-0.2, 0) is 6.54 Å². The van der Waals surface area contributed by atoms with E-state index in [0.29, 0.717) is 23.5 Å². The first kappa shape index (κ1) is 14.1. The van der Waals surface area contributed by atoms with E-state index in [9.17, 15) is 5.26 Å². The van der Waals surface area contributed by atoms with Crippen LogP contribution in [0.25, 0.3) is 43.5 Å². The molecular formula is C21H10N5O+. The molecule has 0 unspecified atom stereocenters. The standard InChI is InChI=1S/C21H10N5O/c1-23-14-7-13(9-22)17-11-25-10-12-4-5-15-16-3-2-6-24-21(16)27-20(15)19(12)26(25)18(17)8-14/h2-8,11H,10H2/q+1. The summed E-state index contributed by atoms with van der Waals surface area (Å²) in [6.45, 7) is 8.05. The fourth-order valence-corrected chi connectivity index (χ4v) is 4.04. The number of pyridine rings is 1. The largest absolute Gasteiger partial charge is 0.435 e. The molecule has 6 nitrogen and oxygen atoms in total. The van der Waals surface area contributed by atoms with Gasteiger partial charge in [0, 0.05) is 17.0 Å².